The van der Waals surface area contributed by atoms with Gasteiger partial charge in [-0.05, 0) is 34.1 Å². The van der Waals surface area contributed by atoms with Crippen LogP contribution in [0.1, 0.15) is 0 Å². The molecule has 3 aromatic rings. The molecule has 0 spiro atoms. The SMILES string of the molecule is Fc1cc(Br)ccc1Oc1nc(Br)cn2ccnc12. The van der Waals surface area contributed by atoms with Crippen LogP contribution >= 0.6 is 31.9 Å². The average Bonchev–Trinajstić information content (AvgIpc) is 2.80. The van der Waals surface area contributed by atoms with E-state index in [1.807, 2.05) is 0 Å². The van der Waals surface area contributed by atoms with Crippen LogP contribution < -0.4 is 4.74 Å². The lowest BCUT2D eigenvalue weighted by Crippen LogP contribution is -1.96. The molecule has 0 N–H and O–H groups in total. The highest BCUT2D eigenvalue weighted by Crippen LogP contribution is 2.28. The lowest BCUT2D eigenvalue weighted by molar-refractivity contribution is 0.428. The molecule has 0 unspecified atom stereocenters. The molecule has 96 valence electrons. The van der Waals surface area contributed by atoms with Gasteiger partial charge in [-0.25, -0.2) is 14.4 Å². The molecule has 0 saturated heterocycles. The zero-order chi connectivity index (χ0) is 13.4. The lowest BCUT2D eigenvalue weighted by atomic mass is 10.3. The maximum absolute atomic E-state index is 13.7. The van der Waals surface area contributed by atoms with Crippen LogP contribution in [0.5, 0.6) is 11.6 Å². The first-order valence-corrected chi connectivity index (χ1v) is 6.84. The van der Waals surface area contributed by atoms with E-state index in [4.69, 9.17) is 4.74 Å². The first-order chi connectivity index (χ1) is 9.13. The molecule has 19 heavy (non-hydrogen) atoms. The van der Waals surface area contributed by atoms with Crippen LogP contribution in [0.15, 0.2) is 45.9 Å². The third-order valence-corrected chi connectivity index (χ3v) is 3.29. The Balaban J connectivity index is 2.07. The minimum Gasteiger partial charge on any atom is -0.433 e. The molecule has 0 fully saturated rings. The minimum atomic E-state index is -0.471. The Labute approximate surface area is 124 Å². The van der Waals surface area contributed by atoms with E-state index in [0.717, 1.165) is 0 Å². The van der Waals surface area contributed by atoms with E-state index in [1.54, 1.807) is 29.1 Å². The van der Waals surface area contributed by atoms with E-state index in [2.05, 4.69) is 41.8 Å². The van der Waals surface area contributed by atoms with Crippen molar-refractivity contribution in [3.63, 3.8) is 0 Å². The summed E-state index contributed by atoms with van der Waals surface area (Å²) in [6, 6.07) is 4.55. The van der Waals surface area contributed by atoms with Crippen molar-refractivity contribution in [2.75, 3.05) is 0 Å². The van der Waals surface area contributed by atoms with Crippen molar-refractivity contribution in [3.8, 4) is 11.6 Å². The number of imidazole rings is 1. The van der Waals surface area contributed by atoms with Crippen molar-refractivity contribution in [2.24, 2.45) is 0 Å². The van der Waals surface area contributed by atoms with Crippen LogP contribution in [0, 0.1) is 5.82 Å². The zero-order valence-electron chi connectivity index (χ0n) is 9.35. The van der Waals surface area contributed by atoms with Gasteiger partial charge in [-0.3, -0.25) is 4.40 Å². The number of nitrogens with zero attached hydrogens (tertiary/aromatic N) is 3. The Morgan fingerprint density at radius 3 is 2.89 bits per heavy atom. The number of aromatic nitrogens is 3. The highest BCUT2D eigenvalue weighted by Gasteiger charge is 2.12. The Kier molecular flexibility index (Phi) is 3.24. The smallest absolute Gasteiger partial charge is 0.265 e. The third kappa shape index (κ3) is 2.48. The van der Waals surface area contributed by atoms with Crippen molar-refractivity contribution < 1.29 is 9.13 Å². The molecule has 0 radical (unpaired) electrons. The summed E-state index contributed by atoms with van der Waals surface area (Å²) in [6.45, 7) is 0. The number of rotatable bonds is 2. The Hall–Kier alpha value is -1.47. The fourth-order valence-electron chi connectivity index (χ4n) is 1.60. The van der Waals surface area contributed by atoms with E-state index in [0.29, 0.717) is 14.7 Å². The Morgan fingerprint density at radius 1 is 1.26 bits per heavy atom. The van der Waals surface area contributed by atoms with Crippen LogP contribution in [0.2, 0.25) is 0 Å². The van der Waals surface area contributed by atoms with Crippen LogP contribution in [0.3, 0.4) is 0 Å². The standard InChI is InChI=1S/C12H6Br2FN3O/c13-7-1-2-9(8(15)5-7)19-12-11-16-3-4-18(11)6-10(14)17-12/h1-6H. The van der Waals surface area contributed by atoms with Crippen LogP contribution in [0.4, 0.5) is 4.39 Å². The summed E-state index contributed by atoms with van der Waals surface area (Å²) in [4.78, 5) is 8.29. The number of halogens is 3. The number of fused-ring (bicyclic) bond motifs is 1. The molecule has 0 aliphatic heterocycles. The van der Waals surface area contributed by atoms with Crippen LogP contribution in [-0.4, -0.2) is 14.4 Å². The second kappa shape index (κ2) is 4.90. The summed E-state index contributed by atoms with van der Waals surface area (Å²) in [5, 5.41) is 0. The van der Waals surface area contributed by atoms with Crippen molar-refractivity contribution in [1.29, 1.82) is 0 Å². The van der Waals surface area contributed by atoms with Gasteiger partial charge >= 0.3 is 0 Å². The molecular weight excluding hydrogens is 381 g/mol. The highest BCUT2D eigenvalue weighted by atomic mass is 79.9. The van der Waals surface area contributed by atoms with E-state index < -0.39 is 5.82 Å². The third-order valence-electron chi connectivity index (χ3n) is 2.41. The van der Waals surface area contributed by atoms with Gasteiger partial charge in [-0.2, -0.15) is 0 Å². The molecule has 4 nitrogen and oxygen atoms in total. The van der Waals surface area contributed by atoms with E-state index in [9.17, 15) is 4.39 Å². The van der Waals surface area contributed by atoms with Gasteiger partial charge in [0.15, 0.2) is 11.6 Å². The van der Waals surface area contributed by atoms with Gasteiger partial charge in [0.1, 0.15) is 4.60 Å². The quantitative estimate of drug-likeness (QED) is 0.663. The van der Waals surface area contributed by atoms with Gasteiger partial charge < -0.3 is 4.74 Å². The van der Waals surface area contributed by atoms with Gasteiger partial charge in [-0.15, -0.1) is 0 Å². The Morgan fingerprint density at radius 2 is 2.11 bits per heavy atom. The molecule has 0 aliphatic rings. The molecule has 0 saturated carbocycles. The molecule has 0 aliphatic carbocycles. The fraction of sp³-hybridized carbons (Fsp3) is 0. The van der Waals surface area contributed by atoms with Gasteiger partial charge in [-0.1, -0.05) is 15.9 Å². The van der Waals surface area contributed by atoms with E-state index in [1.165, 1.54) is 12.1 Å². The summed E-state index contributed by atoms with van der Waals surface area (Å²) >= 11 is 6.46. The van der Waals surface area contributed by atoms with Crippen molar-refractivity contribution in [3.05, 3.63) is 51.7 Å². The van der Waals surface area contributed by atoms with Crippen LogP contribution in [0.25, 0.3) is 5.65 Å². The number of benzene rings is 1. The van der Waals surface area contributed by atoms with Gasteiger partial charge in [0.05, 0.1) is 0 Å². The van der Waals surface area contributed by atoms with E-state index in [-0.39, 0.29) is 11.6 Å². The maximum Gasteiger partial charge on any atom is 0.265 e. The molecular formula is C12H6Br2FN3O. The van der Waals surface area contributed by atoms with Crippen LogP contribution in [-0.2, 0) is 0 Å². The molecule has 7 heteroatoms. The predicted octanol–water partition coefficient (Wildman–Crippen LogP) is 4.19. The average molecular weight is 387 g/mol. The maximum atomic E-state index is 13.7. The second-order valence-electron chi connectivity index (χ2n) is 3.70. The normalized spacial score (nSPS) is 10.9. The Bertz CT molecular complexity index is 760. The predicted molar refractivity (Wildman–Crippen MR) is 74.9 cm³/mol. The molecule has 0 amide bonds. The first-order valence-electron chi connectivity index (χ1n) is 5.25. The molecule has 3 rings (SSSR count). The van der Waals surface area contributed by atoms with Gasteiger partial charge in [0.25, 0.3) is 5.88 Å². The molecule has 1 aromatic carbocycles. The molecule has 0 bridgehead atoms. The molecule has 2 aromatic heterocycles. The molecule has 0 atom stereocenters. The summed E-state index contributed by atoms with van der Waals surface area (Å²) in [6.07, 6.45) is 5.12. The zero-order valence-corrected chi connectivity index (χ0v) is 12.5. The fourth-order valence-corrected chi connectivity index (χ4v) is 2.32. The van der Waals surface area contributed by atoms with Crippen molar-refractivity contribution in [1.82, 2.24) is 14.4 Å². The number of hydrogen-bond acceptors (Lipinski definition) is 3. The van der Waals surface area contributed by atoms with Crippen molar-refractivity contribution in [2.45, 2.75) is 0 Å². The van der Waals surface area contributed by atoms with E-state index >= 15 is 0 Å². The van der Waals surface area contributed by atoms with Gasteiger partial charge in [0.2, 0.25) is 5.65 Å². The first kappa shape index (κ1) is 12.6. The summed E-state index contributed by atoms with van der Waals surface area (Å²) in [5.41, 5.74) is 0.519. The van der Waals surface area contributed by atoms with Crippen molar-refractivity contribution >= 4 is 37.5 Å². The lowest BCUT2D eigenvalue weighted by Gasteiger charge is -2.07. The largest absolute Gasteiger partial charge is 0.433 e. The highest BCUT2D eigenvalue weighted by molar-refractivity contribution is 9.10. The number of ether oxygens (including phenoxy) is 1. The summed E-state index contributed by atoms with van der Waals surface area (Å²) < 4.78 is 22.2. The topological polar surface area (TPSA) is 39.4 Å². The molecule has 2 heterocycles. The van der Waals surface area contributed by atoms with Gasteiger partial charge in [0, 0.05) is 23.1 Å². The summed E-state index contributed by atoms with van der Waals surface area (Å²) in [7, 11) is 0. The summed E-state index contributed by atoms with van der Waals surface area (Å²) in [5.74, 6) is -0.139. The monoisotopic (exact) mass is 385 g/mol. The minimum absolute atomic E-state index is 0.0960. The second-order valence-corrected chi connectivity index (χ2v) is 5.43. The number of hydrogen-bond donors (Lipinski definition) is 0.